The lowest BCUT2D eigenvalue weighted by Gasteiger charge is -2.24. The van der Waals surface area contributed by atoms with Gasteiger partial charge in [-0.1, -0.05) is 5.57 Å². The van der Waals surface area contributed by atoms with Crippen LogP contribution in [0.3, 0.4) is 0 Å². The predicted octanol–water partition coefficient (Wildman–Crippen LogP) is 1.94. The Bertz CT molecular complexity index is 287. The van der Waals surface area contributed by atoms with E-state index in [-0.39, 0.29) is 11.5 Å². The standard InChI is InChI=1S/C14H26ClN3/c1-11(2)12(5-10-18-8-3-4-9-18)13(15)14-16-6-7-17-14/h13-14,16-17H,3-10H2,1-2H3. The Kier molecular flexibility index (Phi) is 5.49. The van der Waals surface area contributed by atoms with E-state index in [1.807, 2.05) is 0 Å². The van der Waals surface area contributed by atoms with E-state index in [0.29, 0.717) is 0 Å². The number of halogens is 1. The molecule has 0 spiro atoms. The molecule has 0 aromatic heterocycles. The first kappa shape index (κ1) is 14.3. The number of nitrogens with zero attached hydrogens (tertiary/aromatic N) is 1. The summed E-state index contributed by atoms with van der Waals surface area (Å²) in [6, 6.07) is 0. The Morgan fingerprint density at radius 1 is 1.22 bits per heavy atom. The minimum absolute atomic E-state index is 0.0834. The van der Waals surface area contributed by atoms with Crippen molar-refractivity contribution >= 4 is 11.6 Å². The third-order valence-corrected chi connectivity index (χ3v) is 4.53. The molecule has 2 fully saturated rings. The summed E-state index contributed by atoms with van der Waals surface area (Å²) < 4.78 is 0. The smallest absolute Gasteiger partial charge is 0.0833 e. The molecule has 0 aromatic carbocycles. The van der Waals surface area contributed by atoms with Gasteiger partial charge in [0.15, 0.2) is 0 Å². The number of rotatable bonds is 5. The van der Waals surface area contributed by atoms with Gasteiger partial charge in [-0.2, -0.15) is 0 Å². The Labute approximate surface area is 116 Å². The maximum absolute atomic E-state index is 6.63. The van der Waals surface area contributed by atoms with E-state index in [9.17, 15) is 0 Å². The van der Waals surface area contributed by atoms with Crippen LogP contribution in [-0.2, 0) is 0 Å². The third-order valence-electron chi connectivity index (χ3n) is 4.02. The number of allylic oxidation sites excluding steroid dienone is 1. The molecule has 1 unspecified atom stereocenters. The molecular formula is C14H26ClN3. The fourth-order valence-corrected chi connectivity index (χ4v) is 3.39. The van der Waals surface area contributed by atoms with Crippen molar-refractivity contribution in [3.8, 4) is 0 Å². The van der Waals surface area contributed by atoms with Gasteiger partial charge in [-0.05, 0) is 51.8 Å². The van der Waals surface area contributed by atoms with Gasteiger partial charge in [0.25, 0.3) is 0 Å². The van der Waals surface area contributed by atoms with Crippen molar-refractivity contribution < 1.29 is 0 Å². The van der Waals surface area contributed by atoms with E-state index < -0.39 is 0 Å². The van der Waals surface area contributed by atoms with Crippen molar-refractivity contribution in [3.05, 3.63) is 11.1 Å². The van der Waals surface area contributed by atoms with Gasteiger partial charge in [0, 0.05) is 19.6 Å². The molecule has 2 aliphatic rings. The lowest BCUT2D eigenvalue weighted by Crippen LogP contribution is -2.41. The maximum atomic E-state index is 6.63. The molecule has 4 heteroatoms. The second kappa shape index (κ2) is 6.90. The third kappa shape index (κ3) is 3.70. The van der Waals surface area contributed by atoms with Crippen LogP contribution in [0.25, 0.3) is 0 Å². The molecule has 0 aliphatic carbocycles. The summed E-state index contributed by atoms with van der Waals surface area (Å²) in [6.07, 6.45) is 4.08. The highest BCUT2D eigenvalue weighted by molar-refractivity contribution is 6.23. The van der Waals surface area contributed by atoms with E-state index >= 15 is 0 Å². The van der Waals surface area contributed by atoms with Gasteiger partial charge in [0.1, 0.15) is 0 Å². The Morgan fingerprint density at radius 2 is 1.83 bits per heavy atom. The zero-order valence-corrected chi connectivity index (χ0v) is 12.4. The molecule has 18 heavy (non-hydrogen) atoms. The number of hydrogen-bond acceptors (Lipinski definition) is 3. The Morgan fingerprint density at radius 3 is 2.39 bits per heavy atom. The van der Waals surface area contributed by atoms with Crippen LogP contribution >= 0.6 is 11.6 Å². The SMILES string of the molecule is CC(C)=C(CCN1CCCC1)C(Cl)C1NCCN1. The molecule has 2 aliphatic heterocycles. The van der Waals surface area contributed by atoms with E-state index in [2.05, 4.69) is 29.4 Å². The molecule has 104 valence electrons. The lowest BCUT2D eigenvalue weighted by molar-refractivity contribution is 0.340. The van der Waals surface area contributed by atoms with Gasteiger partial charge in [-0.25, -0.2) is 0 Å². The summed E-state index contributed by atoms with van der Waals surface area (Å²) in [5, 5.41) is 6.94. The molecule has 0 bridgehead atoms. The number of nitrogens with one attached hydrogen (secondary N) is 2. The molecule has 2 saturated heterocycles. The first-order chi connectivity index (χ1) is 8.68. The minimum Gasteiger partial charge on any atom is -0.303 e. The molecule has 2 heterocycles. The summed E-state index contributed by atoms with van der Waals surface area (Å²) in [5.41, 5.74) is 2.79. The molecule has 0 saturated carbocycles. The average Bonchev–Trinajstić information content (AvgIpc) is 3.01. The first-order valence-electron chi connectivity index (χ1n) is 7.18. The predicted molar refractivity (Wildman–Crippen MR) is 78.1 cm³/mol. The van der Waals surface area contributed by atoms with Crippen LogP contribution in [0.1, 0.15) is 33.1 Å². The van der Waals surface area contributed by atoms with E-state index in [1.54, 1.807) is 0 Å². The van der Waals surface area contributed by atoms with Gasteiger partial charge in [0.2, 0.25) is 0 Å². The van der Waals surface area contributed by atoms with Crippen LogP contribution in [0, 0.1) is 0 Å². The van der Waals surface area contributed by atoms with E-state index in [1.165, 1.54) is 37.1 Å². The quantitative estimate of drug-likeness (QED) is 0.591. The summed E-state index contributed by atoms with van der Waals surface area (Å²) in [7, 11) is 0. The fourth-order valence-electron chi connectivity index (χ4n) is 2.88. The zero-order valence-electron chi connectivity index (χ0n) is 11.6. The van der Waals surface area contributed by atoms with Gasteiger partial charge in [-0.3, -0.25) is 10.6 Å². The number of hydrogen-bond donors (Lipinski definition) is 2. The molecule has 2 N–H and O–H groups in total. The summed E-state index contributed by atoms with van der Waals surface area (Å²) >= 11 is 6.63. The van der Waals surface area contributed by atoms with Crippen molar-refractivity contribution in [3.63, 3.8) is 0 Å². The zero-order chi connectivity index (χ0) is 13.0. The Balaban J connectivity index is 1.88. The lowest BCUT2D eigenvalue weighted by atomic mass is 10.0. The van der Waals surface area contributed by atoms with Crippen molar-refractivity contribution in [2.24, 2.45) is 0 Å². The van der Waals surface area contributed by atoms with Crippen molar-refractivity contribution in [1.29, 1.82) is 0 Å². The summed E-state index contributed by atoms with van der Waals surface area (Å²) in [4.78, 5) is 2.56. The molecular weight excluding hydrogens is 246 g/mol. The van der Waals surface area contributed by atoms with Gasteiger partial charge < -0.3 is 4.90 Å². The van der Waals surface area contributed by atoms with Crippen molar-refractivity contribution in [2.45, 2.75) is 44.7 Å². The highest BCUT2D eigenvalue weighted by atomic mass is 35.5. The molecule has 1 atom stereocenters. The second-order valence-electron chi connectivity index (χ2n) is 5.61. The maximum Gasteiger partial charge on any atom is 0.0833 e. The fraction of sp³-hybridized carbons (Fsp3) is 0.857. The second-order valence-corrected chi connectivity index (χ2v) is 6.08. The van der Waals surface area contributed by atoms with Crippen molar-refractivity contribution in [1.82, 2.24) is 15.5 Å². The minimum atomic E-state index is 0.0834. The van der Waals surface area contributed by atoms with Crippen LogP contribution in [0.15, 0.2) is 11.1 Å². The van der Waals surface area contributed by atoms with Gasteiger partial charge >= 0.3 is 0 Å². The largest absolute Gasteiger partial charge is 0.303 e. The normalized spacial score (nSPS) is 23.5. The van der Waals surface area contributed by atoms with Crippen LogP contribution in [-0.4, -0.2) is 49.2 Å². The Hall–Kier alpha value is -0.0900. The van der Waals surface area contributed by atoms with Gasteiger partial charge in [0.05, 0.1) is 11.5 Å². The highest BCUT2D eigenvalue weighted by Gasteiger charge is 2.26. The average molecular weight is 272 g/mol. The van der Waals surface area contributed by atoms with Gasteiger partial charge in [-0.15, -0.1) is 11.6 Å². The van der Waals surface area contributed by atoms with Crippen LogP contribution in [0.5, 0.6) is 0 Å². The molecule has 0 radical (unpaired) electrons. The van der Waals surface area contributed by atoms with Crippen molar-refractivity contribution in [2.75, 3.05) is 32.7 Å². The number of likely N-dealkylation sites (tertiary alicyclic amines) is 1. The number of alkyl halides is 1. The van der Waals surface area contributed by atoms with Crippen LogP contribution < -0.4 is 10.6 Å². The monoisotopic (exact) mass is 271 g/mol. The van der Waals surface area contributed by atoms with Crippen LogP contribution in [0.2, 0.25) is 0 Å². The highest BCUT2D eigenvalue weighted by Crippen LogP contribution is 2.22. The molecule has 2 rings (SSSR count). The molecule has 0 aromatic rings. The van der Waals surface area contributed by atoms with E-state index in [0.717, 1.165) is 26.1 Å². The topological polar surface area (TPSA) is 27.3 Å². The molecule has 3 nitrogen and oxygen atoms in total. The molecule has 0 amide bonds. The first-order valence-corrected chi connectivity index (χ1v) is 7.61. The summed E-state index contributed by atoms with van der Waals surface area (Å²) in [6.45, 7) is 10.1. The summed E-state index contributed by atoms with van der Waals surface area (Å²) in [5.74, 6) is 0. The van der Waals surface area contributed by atoms with Crippen LogP contribution in [0.4, 0.5) is 0 Å². The van der Waals surface area contributed by atoms with E-state index in [4.69, 9.17) is 11.6 Å².